The molecule has 0 atom stereocenters. The molecule has 160 valence electrons. The van der Waals surface area contributed by atoms with Crippen molar-refractivity contribution in [2.45, 2.75) is 44.1 Å². The van der Waals surface area contributed by atoms with E-state index in [1.165, 1.54) is 24.3 Å². The van der Waals surface area contributed by atoms with Gasteiger partial charge >= 0.3 is 0 Å². The lowest BCUT2D eigenvalue weighted by molar-refractivity contribution is 0.137. The van der Waals surface area contributed by atoms with Crippen molar-refractivity contribution in [3.8, 4) is 11.5 Å². The van der Waals surface area contributed by atoms with Crippen LogP contribution in [-0.2, 0) is 4.74 Å². The Morgan fingerprint density at radius 1 is 0.929 bits per heavy atom. The van der Waals surface area contributed by atoms with Crippen LogP contribution in [0.25, 0.3) is 0 Å². The van der Waals surface area contributed by atoms with Crippen LogP contribution in [0, 0.1) is 0 Å². The van der Waals surface area contributed by atoms with E-state index >= 15 is 0 Å². The quantitative estimate of drug-likeness (QED) is 0.179. The largest absolute Gasteiger partial charge is 0.494 e. The van der Waals surface area contributed by atoms with Crippen molar-refractivity contribution in [1.82, 2.24) is 0 Å². The molecule has 28 heavy (non-hydrogen) atoms. The van der Waals surface area contributed by atoms with Crippen molar-refractivity contribution in [1.29, 1.82) is 0 Å². The van der Waals surface area contributed by atoms with Gasteiger partial charge in [0, 0.05) is 6.61 Å². The van der Waals surface area contributed by atoms with E-state index in [2.05, 4.69) is 13.8 Å². The summed E-state index contributed by atoms with van der Waals surface area (Å²) >= 11 is 15.1. The maximum Gasteiger partial charge on any atom is 0.120 e. The molecular formula is C21H32Cl2O3S2. The highest BCUT2D eigenvalue weighted by molar-refractivity contribution is 8.17. The van der Waals surface area contributed by atoms with Crippen LogP contribution in [0.1, 0.15) is 39.5 Å². The Kier molecular flexibility index (Phi) is 16.3. The Morgan fingerprint density at radius 3 is 2.07 bits per heavy atom. The maximum atomic E-state index is 5.87. The first-order valence-electron chi connectivity index (χ1n) is 9.83. The molecule has 0 spiro atoms. The first-order chi connectivity index (χ1) is 13.7. The molecule has 0 N–H and O–H groups in total. The van der Waals surface area contributed by atoms with E-state index in [-0.39, 0.29) is 4.49 Å². The third-order valence-corrected chi connectivity index (χ3v) is 6.96. The van der Waals surface area contributed by atoms with Gasteiger partial charge in [0.25, 0.3) is 0 Å². The van der Waals surface area contributed by atoms with Gasteiger partial charge in [-0.1, -0.05) is 37.0 Å². The van der Waals surface area contributed by atoms with Crippen LogP contribution in [0.2, 0.25) is 0 Å². The Morgan fingerprint density at radius 2 is 1.50 bits per heavy atom. The fraction of sp³-hybridized carbons (Fsp3) is 0.619. The molecule has 0 aromatic heterocycles. The Bertz CT molecular complexity index is 515. The van der Waals surface area contributed by atoms with Crippen LogP contribution in [-0.4, -0.2) is 42.5 Å². The molecule has 0 heterocycles. The lowest BCUT2D eigenvalue weighted by Crippen LogP contribution is -2.11. The molecule has 0 fully saturated rings. The fourth-order valence-electron chi connectivity index (χ4n) is 2.15. The summed E-state index contributed by atoms with van der Waals surface area (Å²) < 4.78 is 17.9. The van der Waals surface area contributed by atoms with Gasteiger partial charge in [0.1, 0.15) is 22.6 Å². The number of hydrogen-bond acceptors (Lipinski definition) is 5. The van der Waals surface area contributed by atoms with Gasteiger partial charge in [-0.05, 0) is 67.5 Å². The van der Waals surface area contributed by atoms with Gasteiger partial charge in [-0.15, -0.1) is 23.5 Å². The molecule has 0 aliphatic carbocycles. The number of ether oxygens (including phenoxy) is 3. The number of halogens is 2. The van der Waals surface area contributed by atoms with Crippen LogP contribution >= 0.6 is 46.7 Å². The zero-order valence-corrected chi connectivity index (χ0v) is 20.0. The topological polar surface area (TPSA) is 27.7 Å². The number of thioether (sulfide) groups is 2. The summed E-state index contributed by atoms with van der Waals surface area (Å²) in [6.45, 7) is 7.12. The minimum absolute atomic E-state index is 0.207. The standard InChI is InChI=1S/C21H32Cl2O3S2/c1-3-15-27-21(28-16-4-2)17-24-12-5-6-13-25-18-7-9-19(10-8-18)26-14-11-20(22)23/h7-11,21H,3-6,12-17H2,1-2H3. The van der Waals surface area contributed by atoms with E-state index in [4.69, 9.17) is 37.4 Å². The van der Waals surface area contributed by atoms with E-state index in [1.807, 2.05) is 47.8 Å². The van der Waals surface area contributed by atoms with Gasteiger partial charge in [-0.3, -0.25) is 0 Å². The number of hydrogen-bond donors (Lipinski definition) is 0. The molecule has 0 radical (unpaired) electrons. The second kappa shape index (κ2) is 17.6. The molecule has 0 aliphatic rings. The smallest absolute Gasteiger partial charge is 0.120 e. The van der Waals surface area contributed by atoms with E-state index in [0.29, 0.717) is 17.8 Å². The second-order valence-corrected chi connectivity index (χ2v) is 10.0. The zero-order valence-electron chi connectivity index (χ0n) is 16.8. The third-order valence-electron chi connectivity index (χ3n) is 3.53. The average molecular weight is 468 g/mol. The van der Waals surface area contributed by atoms with Crippen LogP contribution < -0.4 is 9.47 Å². The summed E-state index contributed by atoms with van der Waals surface area (Å²) in [5.74, 6) is 4.01. The molecule has 0 bridgehead atoms. The molecular weight excluding hydrogens is 435 g/mol. The minimum atomic E-state index is 0.207. The summed E-state index contributed by atoms with van der Waals surface area (Å²) in [6.07, 6.45) is 6.03. The molecule has 0 saturated carbocycles. The van der Waals surface area contributed by atoms with E-state index in [0.717, 1.165) is 37.6 Å². The summed E-state index contributed by atoms with van der Waals surface area (Å²) in [5, 5.41) is 0. The van der Waals surface area contributed by atoms with Crippen molar-refractivity contribution in [3.05, 3.63) is 34.8 Å². The molecule has 3 nitrogen and oxygen atoms in total. The van der Waals surface area contributed by atoms with Crippen molar-refractivity contribution < 1.29 is 14.2 Å². The van der Waals surface area contributed by atoms with Crippen molar-refractivity contribution >= 4 is 46.7 Å². The Balaban J connectivity index is 2.10. The van der Waals surface area contributed by atoms with Gasteiger partial charge < -0.3 is 14.2 Å². The minimum Gasteiger partial charge on any atom is -0.494 e. The molecule has 1 aromatic rings. The van der Waals surface area contributed by atoms with Gasteiger partial charge in [-0.2, -0.15) is 0 Å². The van der Waals surface area contributed by atoms with E-state index in [1.54, 1.807) is 6.08 Å². The molecule has 1 aromatic carbocycles. The molecule has 0 amide bonds. The summed E-state index contributed by atoms with van der Waals surface area (Å²) in [4.78, 5) is 0. The summed E-state index contributed by atoms with van der Waals surface area (Å²) in [7, 11) is 0. The monoisotopic (exact) mass is 466 g/mol. The van der Waals surface area contributed by atoms with Crippen LogP contribution in [0.3, 0.4) is 0 Å². The van der Waals surface area contributed by atoms with Crippen molar-refractivity contribution in [3.63, 3.8) is 0 Å². The van der Waals surface area contributed by atoms with E-state index < -0.39 is 0 Å². The number of rotatable bonds is 17. The van der Waals surface area contributed by atoms with Gasteiger partial charge in [0.2, 0.25) is 0 Å². The highest BCUT2D eigenvalue weighted by Crippen LogP contribution is 2.25. The first-order valence-corrected chi connectivity index (χ1v) is 12.7. The third kappa shape index (κ3) is 13.9. The maximum absolute atomic E-state index is 5.87. The molecule has 0 saturated heterocycles. The molecule has 0 unspecified atom stereocenters. The predicted octanol–water partition coefficient (Wildman–Crippen LogP) is 7.17. The fourth-order valence-corrected chi connectivity index (χ4v) is 4.62. The average Bonchev–Trinajstić information content (AvgIpc) is 2.69. The zero-order chi connectivity index (χ0) is 20.5. The van der Waals surface area contributed by atoms with E-state index in [9.17, 15) is 0 Å². The van der Waals surface area contributed by atoms with Crippen LogP contribution in [0.15, 0.2) is 34.8 Å². The lowest BCUT2D eigenvalue weighted by Gasteiger charge is -2.16. The lowest BCUT2D eigenvalue weighted by atomic mass is 10.3. The number of benzene rings is 1. The van der Waals surface area contributed by atoms with Gasteiger partial charge in [0.05, 0.1) is 17.8 Å². The molecule has 7 heteroatoms. The van der Waals surface area contributed by atoms with Gasteiger partial charge in [0.15, 0.2) is 0 Å². The Labute approximate surface area is 188 Å². The normalized spacial score (nSPS) is 10.9. The van der Waals surface area contributed by atoms with Crippen LogP contribution in [0.4, 0.5) is 0 Å². The molecule has 0 aliphatic heterocycles. The summed E-state index contributed by atoms with van der Waals surface area (Å²) in [6, 6.07) is 7.55. The first kappa shape index (κ1) is 25.8. The molecule has 1 rings (SSSR count). The van der Waals surface area contributed by atoms with Crippen molar-refractivity contribution in [2.75, 3.05) is 37.9 Å². The predicted molar refractivity (Wildman–Crippen MR) is 127 cm³/mol. The number of unbranched alkanes of at least 4 members (excludes halogenated alkanes) is 1. The highest BCUT2D eigenvalue weighted by atomic mass is 35.5. The second-order valence-electron chi connectivity index (χ2n) is 6.08. The highest BCUT2D eigenvalue weighted by Gasteiger charge is 2.09. The van der Waals surface area contributed by atoms with Crippen molar-refractivity contribution in [2.24, 2.45) is 0 Å². The van der Waals surface area contributed by atoms with Gasteiger partial charge in [-0.25, -0.2) is 0 Å². The van der Waals surface area contributed by atoms with Crippen LogP contribution in [0.5, 0.6) is 11.5 Å². The SMILES string of the molecule is CCCSC(COCCCCOc1ccc(OCC=C(Cl)Cl)cc1)SCCC. The summed E-state index contributed by atoms with van der Waals surface area (Å²) in [5.41, 5.74) is 0. The Hall–Kier alpha value is -0.200.